The smallest absolute Gasteiger partial charge is 0.307 e. The highest BCUT2D eigenvalue weighted by molar-refractivity contribution is 5.86. The molecule has 3 atom stereocenters. The molecule has 2 fully saturated rings. The van der Waals surface area contributed by atoms with Crippen LogP contribution >= 0.6 is 0 Å². The van der Waals surface area contributed by atoms with Crippen molar-refractivity contribution >= 4 is 17.8 Å². The maximum atomic E-state index is 12.4. The third-order valence-corrected chi connectivity index (χ3v) is 4.06. The summed E-state index contributed by atoms with van der Waals surface area (Å²) in [4.78, 5) is 36.6. The first-order chi connectivity index (χ1) is 8.99. The lowest BCUT2D eigenvalue weighted by Gasteiger charge is -2.25. The number of carbonyl (C=O) groups is 3. The minimum Gasteiger partial charge on any atom is -0.481 e. The predicted octanol–water partition coefficient (Wildman–Crippen LogP) is 0.0818. The van der Waals surface area contributed by atoms with Crippen molar-refractivity contribution in [3.8, 4) is 0 Å². The molecule has 1 unspecified atom stereocenters. The molecule has 2 aliphatic rings. The zero-order valence-corrected chi connectivity index (χ0v) is 11.1. The largest absolute Gasteiger partial charge is 0.481 e. The number of carboxylic acids is 1. The number of nitrogens with zero attached hydrogens (tertiary/aromatic N) is 1. The summed E-state index contributed by atoms with van der Waals surface area (Å²) in [5, 5.41) is 11.9. The highest BCUT2D eigenvalue weighted by atomic mass is 16.4. The second kappa shape index (κ2) is 5.59. The molecule has 6 nitrogen and oxygen atoms in total. The average molecular weight is 268 g/mol. The van der Waals surface area contributed by atoms with Crippen LogP contribution in [0.4, 0.5) is 0 Å². The van der Waals surface area contributed by atoms with Crippen LogP contribution in [-0.2, 0) is 14.4 Å². The van der Waals surface area contributed by atoms with Crippen molar-refractivity contribution in [1.82, 2.24) is 10.2 Å². The molecule has 2 rings (SSSR count). The van der Waals surface area contributed by atoms with Gasteiger partial charge < -0.3 is 15.3 Å². The number of hydrogen-bond donors (Lipinski definition) is 2. The predicted molar refractivity (Wildman–Crippen MR) is 67.2 cm³/mol. The number of hydrogen-bond acceptors (Lipinski definition) is 3. The Labute approximate surface area is 112 Å². The van der Waals surface area contributed by atoms with E-state index in [0.29, 0.717) is 38.9 Å². The molecule has 106 valence electrons. The van der Waals surface area contributed by atoms with Gasteiger partial charge in [0.15, 0.2) is 0 Å². The Morgan fingerprint density at radius 2 is 1.95 bits per heavy atom. The zero-order valence-electron chi connectivity index (χ0n) is 11.1. The maximum absolute atomic E-state index is 12.4. The number of carboxylic acid groups (broad SMARTS) is 1. The fourth-order valence-electron chi connectivity index (χ4n) is 3.06. The summed E-state index contributed by atoms with van der Waals surface area (Å²) in [5.41, 5.74) is 0. The summed E-state index contributed by atoms with van der Waals surface area (Å²) in [7, 11) is 0. The van der Waals surface area contributed by atoms with Gasteiger partial charge >= 0.3 is 5.97 Å². The Hall–Kier alpha value is -1.59. The summed E-state index contributed by atoms with van der Waals surface area (Å²) in [6, 6.07) is 0. The van der Waals surface area contributed by atoms with E-state index in [1.54, 1.807) is 4.90 Å². The Morgan fingerprint density at radius 3 is 2.63 bits per heavy atom. The fraction of sp³-hybridized carbons (Fsp3) is 0.769. The molecule has 19 heavy (non-hydrogen) atoms. The van der Waals surface area contributed by atoms with Crippen LogP contribution in [0.2, 0.25) is 0 Å². The molecular formula is C13H20N2O4. The van der Waals surface area contributed by atoms with E-state index >= 15 is 0 Å². The normalized spacial score (nSPS) is 31.7. The second-order valence-electron chi connectivity index (χ2n) is 5.55. The molecule has 1 heterocycles. The van der Waals surface area contributed by atoms with Gasteiger partial charge in [-0.3, -0.25) is 14.4 Å². The summed E-state index contributed by atoms with van der Waals surface area (Å²) in [6.45, 7) is 3.30. The molecule has 0 radical (unpaired) electrons. The van der Waals surface area contributed by atoms with E-state index in [-0.39, 0.29) is 17.7 Å². The van der Waals surface area contributed by atoms with Crippen molar-refractivity contribution in [3.05, 3.63) is 0 Å². The Bertz CT molecular complexity index is 396. The van der Waals surface area contributed by atoms with Gasteiger partial charge in [0, 0.05) is 26.1 Å². The van der Waals surface area contributed by atoms with Crippen molar-refractivity contribution in [3.63, 3.8) is 0 Å². The second-order valence-corrected chi connectivity index (χ2v) is 5.55. The van der Waals surface area contributed by atoms with Crippen LogP contribution in [0.15, 0.2) is 0 Å². The molecule has 2 N–H and O–H groups in total. The van der Waals surface area contributed by atoms with Gasteiger partial charge in [-0.05, 0) is 18.8 Å². The Kier molecular flexibility index (Phi) is 4.07. The zero-order chi connectivity index (χ0) is 14.0. The van der Waals surface area contributed by atoms with E-state index in [1.807, 2.05) is 6.92 Å². The number of aliphatic carboxylic acids is 1. The first-order valence-corrected chi connectivity index (χ1v) is 6.77. The third kappa shape index (κ3) is 3.05. The van der Waals surface area contributed by atoms with Gasteiger partial charge in [0.2, 0.25) is 11.8 Å². The van der Waals surface area contributed by atoms with Crippen LogP contribution < -0.4 is 5.32 Å². The van der Waals surface area contributed by atoms with Gasteiger partial charge in [0.25, 0.3) is 0 Å². The van der Waals surface area contributed by atoms with Crippen LogP contribution in [0.1, 0.15) is 26.2 Å². The van der Waals surface area contributed by atoms with E-state index in [0.717, 1.165) is 0 Å². The van der Waals surface area contributed by atoms with Crippen LogP contribution in [0.3, 0.4) is 0 Å². The maximum Gasteiger partial charge on any atom is 0.307 e. The molecule has 0 bridgehead atoms. The lowest BCUT2D eigenvalue weighted by Crippen LogP contribution is -2.41. The highest BCUT2D eigenvalue weighted by Gasteiger charge is 2.42. The summed E-state index contributed by atoms with van der Waals surface area (Å²) >= 11 is 0. The molecule has 1 aliphatic heterocycles. The standard InChI is InChI=1S/C13H20N2O4/c1-8-6-9(10(7-8)13(18)19)12(17)15-4-2-11(16)14-3-5-15/h8-10H,2-7H2,1H3,(H,14,16)(H,18,19)/t8?,9-,10+/m0/s1. The monoisotopic (exact) mass is 268 g/mol. The van der Waals surface area contributed by atoms with Gasteiger partial charge in [-0.15, -0.1) is 0 Å². The lowest BCUT2D eigenvalue weighted by atomic mass is 9.94. The van der Waals surface area contributed by atoms with E-state index in [2.05, 4.69) is 5.32 Å². The average Bonchev–Trinajstić information content (AvgIpc) is 2.61. The summed E-state index contributed by atoms with van der Waals surface area (Å²) < 4.78 is 0. The number of amides is 2. The molecule has 2 amide bonds. The molecule has 1 saturated heterocycles. The summed E-state index contributed by atoms with van der Waals surface area (Å²) in [5.74, 6) is -1.78. The van der Waals surface area contributed by atoms with Crippen LogP contribution in [0.5, 0.6) is 0 Å². The first-order valence-electron chi connectivity index (χ1n) is 6.77. The van der Waals surface area contributed by atoms with Gasteiger partial charge in [0.05, 0.1) is 11.8 Å². The minimum absolute atomic E-state index is 0.0510. The van der Waals surface area contributed by atoms with Gasteiger partial charge in [0.1, 0.15) is 0 Å². The highest BCUT2D eigenvalue weighted by Crippen LogP contribution is 2.37. The van der Waals surface area contributed by atoms with Gasteiger partial charge in [-0.1, -0.05) is 6.92 Å². The van der Waals surface area contributed by atoms with E-state index in [1.165, 1.54) is 0 Å². The fourth-order valence-corrected chi connectivity index (χ4v) is 3.06. The minimum atomic E-state index is -0.883. The van der Waals surface area contributed by atoms with Crippen LogP contribution in [0.25, 0.3) is 0 Å². The van der Waals surface area contributed by atoms with Crippen LogP contribution in [-0.4, -0.2) is 47.4 Å². The molecule has 6 heteroatoms. The molecule has 1 saturated carbocycles. The lowest BCUT2D eigenvalue weighted by molar-refractivity contribution is -0.149. The molecule has 0 aromatic rings. The first kappa shape index (κ1) is 13.8. The van der Waals surface area contributed by atoms with E-state index in [9.17, 15) is 19.5 Å². The molecule has 0 aromatic heterocycles. The van der Waals surface area contributed by atoms with Gasteiger partial charge in [-0.25, -0.2) is 0 Å². The Morgan fingerprint density at radius 1 is 1.26 bits per heavy atom. The van der Waals surface area contributed by atoms with Crippen molar-refractivity contribution in [2.75, 3.05) is 19.6 Å². The number of carbonyl (C=O) groups excluding carboxylic acids is 2. The van der Waals surface area contributed by atoms with Crippen LogP contribution in [0, 0.1) is 17.8 Å². The number of nitrogens with one attached hydrogen (secondary N) is 1. The van der Waals surface area contributed by atoms with Crippen molar-refractivity contribution < 1.29 is 19.5 Å². The van der Waals surface area contributed by atoms with Crippen molar-refractivity contribution in [2.45, 2.75) is 26.2 Å². The number of rotatable bonds is 2. The molecule has 1 aliphatic carbocycles. The Balaban J connectivity index is 2.05. The third-order valence-electron chi connectivity index (χ3n) is 4.06. The topological polar surface area (TPSA) is 86.7 Å². The van der Waals surface area contributed by atoms with Crippen molar-refractivity contribution in [1.29, 1.82) is 0 Å². The quantitative estimate of drug-likeness (QED) is 0.742. The van der Waals surface area contributed by atoms with Crippen molar-refractivity contribution in [2.24, 2.45) is 17.8 Å². The molecular weight excluding hydrogens is 248 g/mol. The van der Waals surface area contributed by atoms with E-state index in [4.69, 9.17) is 0 Å². The molecule has 0 spiro atoms. The van der Waals surface area contributed by atoms with Gasteiger partial charge in [-0.2, -0.15) is 0 Å². The molecule has 0 aromatic carbocycles. The SMILES string of the molecule is CC1C[C@H](C(=O)N2CCNC(=O)CC2)[C@H](C(=O)O)C1. The summed E-state index contributed by atoms with van der Waals surface area (Å²) in [6.07, 6.45) is 1.50. The van der Waals surface area contributed by atoms with E-state index < -0.39 is 17.8 Å².